The third-order valence-corrected chi connectivity index (χ3v) is 3.88. The van der Waals surface area contributed by atoms with Crippen LogP contribution in [0.15, 0.2) is 48.5 Å². The highest BCUT2D eigenvalue weighted by atomic mass is 35.5. The van der Waals surface area contributed by atoms with Crippen LogP contribution in [0.4, 0.5) is 5.69 Å². The van der Waals surface area contributed by atoms with E-state index in [0.717, 1.165) is 5.56 Å². The molecular weight excluding hydrogens is 312 g/mol. The maximum Gasteiger partial charge on any atom is 0.279 e. The van der Waals surface area contributed by atoms with Gasteiger partial charge in [0.2, 0.25) is 0 Å². The first-order chi connectivity index (χ1) is 11.0. The third-order valence-electron chi connectivity index (χ3n) is 3.63. The molecule has 2 aromatic carbocycles. The lowest BCUT2D eigenvalue weighted by Crippen LogP contribution is -2.86. The van der Waals surface area contributed by atoms with Gasteiger partial charge in [0.05, 0.1) is 0 Å². The highest BCUT2D eigenvalue weighted by molar-refractivity contribution is 6.30. The van der Waals surface area contributed by atoms with Crippen molar-refractivity contribution in [3.8, 4) is 0 Å². The Kier molecular flexibility index (Phi) is 5.90. The van der Waals surface area contributed by atoms with Gasteiger partial charge in [-0.1, -0.05) is 23.7 Å². The highest BCUT2D eigenvalue weighted by Gasteiger charge is 2.11. The van der Waals surface area contributed by atoms with E-state index in [9.17, 15) is 9.59 Å². The number of ketones is 1. The summed E-state index contributed by atoms with van der Waals surface area (Å²) in [5.41, 5.74) is 2.44. The fraction of sp³-hybridized carbons (Fsp3) is 0.222. The second-order valence-corrected chi connectivity index (χ2v) is 5.90. The number of nitrogens with two attached hydrogens (primary N) is 1. The van der Waals surface area contributed by atoms with Gasteiger partial charge >= 0.3 is 0 Å². The first-order valence-electron chi connectivity index (χ1n) is 7.45. The lowest BCUT2D eigenvalue weighted by Gasteiger charge is -2.11. The summed E-state index contributed by atoms with van der Waals surface area (Å²) in [5, 5.41) is 5.48. The monoisotopic (exact) mass is 331 g/mol. The van der Waals surface area contributed by atoms with Gasteiger partial charge in [0.1, 0.15) is 6.04 Å². The van der Waals surface area contributed by atoms with Gasteiger partial charge in [-0.2, -0.15) is 0 Å². The predicted molar refractivity (Wildman–Crippen MR) is 91.7 cm³/mol. The molecule has 23 heavy (non-hydrogen) atoms. The Hall–Kier alpha value is -2.17. The summed E-state index contributed by atoms with van der Waals surface area (Å²) in [4.78, 5) is 23.2. The zero-order chi connectivity index (χ0) is 16.8. The van der Waals surface area contributed by atoms with Gasteiger partial charge in [0.15, 0.2) is 12.3 Å². The molecular formula is C18H20ClN2O2+. The van der Waals surface area contributed by atoms with E-state index in [1.54, 1.807) is 24.3 Å². The van der Waals surface area contributed by atoms with Gasteiger partial charge in [0.25, 0.3) is 5.91 Å². The molecule has 0 radical (unpaired) electrons. The Morgan fingerprint density at radius 2 is 1.70 bits per heavy atom. The Balaban J connectivity index is 1.84. The zero-order valence-corrected chi connectivity index (χ0v) is 13.9. The molecule has 120 valence electrons. The van der Waals surface area contributed by atoms with Crippen LogP contribution in [-0.2, 0) is 4.79 Å². The van der Waals surface area contributed by atoms with Crippen LogP contribution in [0.2, 0.25) is 5.02 Å². The van der Waals surface area contributed by atoms with Crippen molar-refractivity contribution in [1.82, 2.24) is 0 Å². The van der Waals surface area contributed by atoms with Crippen LogP contribution in [0.1, 0.15) is 35.8 Å². The maximum atomic E-state index is 12.0. The quantitative estimate of drug-likeness (QED) is 0.799. The standard InChI is InChI=1S/C18H19ClN2O2/c1-12(14-3-7-16(19)8-4-14)20-11-18(23)21-17-9-5-15(6-10-17)13(2)22/h3-10,12,20H,11H2,1-2H3,(H,21,23)/p+1/t12-/m0/s1. The van der Waals surface area contributed by atoms with Gasteiger partial charge in [-0.15, -0.1) is 0 Å². The van der Waals surface area contributed by atoms with Crippen LogP contribution in [0.5, 0.6) is 0 Å². The van der Waals surface area contributed by atoms with E-state index in [0.29, 0.717) is 22.8 Å². The van der Waals surface area contributed by atoms with Crippen molar-refractivity contribution in [2.75, 3.05) is 11.9 Å². The summed E-state index contributed by atoms with van der Waals surface area (Å²) in [6.07, 6.45) is 0. The molecule has 3 N–H and O–H groups in total. The van der Waals surface area contributed by atoms with Crippen LogP contribution in [0.3, 0.4) is 0 Å². The average Bonchev–Trinajstić information content (AvgIpc) is 2.54. The molecule has 4 nitrogen and oxygen atoms in total. The number of carbonyl (C=O) groups excluding carboxylic acids is 2. The largest absolute Gasteiger partial charge is 0.333 e. The second-order valence-electron chi connectivity index (χ2n) is 5.46. The van der Waals surface area contributed by atoms with Crippen molar-refractivity contribution in [2.45, 2.75) is 19.9 Å². The van der Waals surface area contributed by atoms with Crippen LogP contribution in [0, 0.1) is 0 Å². The van der Waals surface area contributed by atoms with Crippen molar-refractivity contribution in [1.29, 1.82) is 0 Å². The molecule has 1 atom stereocenters. The summed E-state index contributed by atoms with van der Waals surface area (Å²) in [5.74, 6) is -0.0746. The normalized spacial score (nSPS) is 11.8. The van der Waals surface area contributed by atoms with E-state index in [-0.39, 0.29) is 17.7 Å². The molecule has 0 spiro atoms. The van der Waals surface area contributed by atoms with E-state index in [2.05, 4.69) is 5.32 Å². The van der Waals surface area contributed by atoms with E-state index in [4.69, 9.17) is 11.6 Å². The number of hydrogen-bond donors (Lipinski definition) is 2. The van der Waals surface area contributed by atoms with Crippen LogP contribution in [0.25, 0.3) is 0 Å². The number of benzene rings is 2. The number of amides is 1. The molecule has 0 heterocycles. The molecule has 1 amide bonds. The van der Waals surface area contributed by atoms with Gasteiger partial charge in [0, 0.05) is 21.8 Å². The minimum Gasteiger partial charge on any atom is -0.333 e. The maximum absolute atomic E-state index is 12.0. The molecule has 0 aliphatic heterocycles. The summed E-state index contributed by atoms with van der Waals surface area (Å²) in [6, 6.07) is 14.7. The topological polar surface area (TPSA) is 62.8 Å². The van der Waals surface area contributed by atoms with Gasteiger partial charge in [-0.25, -0.2) is 0 Å². The first-order valence-corrected chi connectivity index (χ1v) is 7.83. The number of rotatable bonds is 6. The number of carbonyl (C=O) groups is 2. The SMILES string of the molecule is CC(=O)c1ccc(NC(=O)C[NH2+][C@@H](C)c2ccc(Cl)cc2)cc1. The van der Waals surface area contributed by atoms with Gasteiger partial charge < -0.3 is 10.6 Å². The van der Waals surface area contributed by atoms with E-state index in [1.165, 1.54) is 6.92 Å². The van der Waals surface area contributed by atoms with Crippen molar-refractivity contribution in [3.05, 3.63) is 64.7 Å². The number of nitrogens with one attached hydrogen (secondary N) is 1. The van der Waals surface area contributed by atoms with Crippen molar-refractivity contribution in [3.63, 3.8) is 0 Å². The summed E-state index contributed by atoms with van der Waals surface area (Å²) >= 11 is 5.87. The molecule has 0 unspecified atom stereocenters. The second kappa shape index (κ2) is 7.90. The van der Waals surface area contributed by atoms with E-state index in [1.807, 2.05) is 36.5 Å². The minimum absolute atomic E-state index is 0.00741. The molecule has 0 aromatic heterocycles. The van der Waals surface area contributed by atoms with E-state index >= 15 is 0 Å². The van der Waals surface area contributed by atoms with Crippen molar-refractivity contribution in [2.24, 2.45) is 0 Å². The smallest absolute Gasteiger partial charge is 0.279 e. The van der Waals surface area contributed by atoms with Crippen LogP contribution >= 0.6 is 11.6 Å². The fourth-order valence-electron chi connectivity index (χ4n) is 2.19. The molecule has 2 aromatic rings. The van der Waals surface area contributed by atoms with Gasteiger partial charge in [-0.3, -0.25) is 9.59 Å². The third kappa shape index (κ3) is 5.20. The summed E-state index contributed by atoms with van der Waals surface area (Å²) < 4.78 is 0. The number of Topliss-reactive ketones (excluding diaryl/α,β-unsaturated/α-hetero) is 1. The lowest BCUT2D eigenvalue weighted by atomic mass is 10.1. The number of quaternary nitrogens is 1. The predicted octanol–water partition coefficient (Wildman–Crippen LogP) is 2.81. The molecule has 2 rings (SSSR count). The number of hydrogen-bond acceptors (Lipinski definition) is 2. The Morgan fingerprint density at radius 3 is 2.26 bits per heavy atom. The van der Waals surface area contributed by atoms with Crippen molar-refractivity contribution >= 4 is 29.0 Å². The van der Waals surface area contributed by atoms with Crippen LogP contribution < -0.4 is 10.6 Å². The number of halogens is 1. The van der Waals surface area contributed by atoms with Gasteiger partial charge in [-0.05, 0) is 50.2 Å². The van der Waals surface area contributed by atoms with E-state index < -0.39 is 0 Å². The van der Waals surface area contributed by atoms with Crippen LogP contribution in [-0.4, -0.2) is 18.2 Å². The minimum atomic E-state index is -0.0820. The Bertz CT molecular complexity index is 681. The average molecular weight is 332 g/mol. The Morgan fingerprint density at radius 1 is 1.09 bits per heavy atom. The zero-order valence-electron chi connectivity index (χ0n) is 13.2. The molecule has 0 saturated heterocycles. The molecule has 0 aliphatic carbocycles. The first kappa shape index (κ1) is 17.2. The van der Waals surface area contributed by atoms with Crippen molar-refractivity contribution < 1.29 is 14.9 Å². The molecule has 0 bridgehead atoms. The molecule has 0 fully saturated rings. The lowest BCUT2D eigenvalue weighted by molar-refractivity contribution is -0.682. The fourth-order valence-corrected chi connectivity index (χ4v) is 2.31. The number of anilines is 1. The summed E-state index contributed by atoms with van der Waals surface area (Å²) in [7, 11) is 0. The Labute approximate surface area is 140 Å². The molecule has 5 heteroatoms. The highest BCUT2D eigenvalue weighted by Crippen LogP contribution is 2.13. The molecule has 0 aliphatic rings. The molecule has 0 saturated carbocycles. The summed E-state index contributed by atoms with van der Waals surface area (Å²) in [6.45, 7) is 3.87.